The van der Waals surface area contributed by atoms with Crippen LogP contribution in [-0.2, 0) is 0 Å². The predicted octanol–water partition coefficient (Wildman–Crippen LogP) is 3.61. The normalized spacial score (nSPS) is 19.3. The zero-order valence-electron chi connectivity index (χ0n) is 17.9. The first-order valence-electron chi connectivity index (χ1n) is 10.6. The molecular weight excluding hydrogens is 478 g/mol. The number of hydrogen-bond donors (Lipinski definition) is 2. The second kappa shape index (κ2) is 7.41. The molecule has 34 heavy (non-hydrogen) atoms. The number of benzene rings is 2. The van der Waals surface area contributed by atoms with Gasteiger partial charge in [0, 0.05) is 18.3 Å². The Bertz CT molecular complexity index is 1490. The van der Waals surface area contributed by atoms with Crippen LogP contribution in [0.25, 0.3) is 5.69 Å². The van der Waals surface area contributed by atoms with Crippen molar-refractivity contribution in [1.82, 2.24) is 14.0 Å². The highest BCUT2D eigenvalue weighted by molar-refractivity contribution is 7.80. The summed E-state index contributed by atoms with van der Waals surface area (Å²) in [6.07, 6.45) is 0.676. The van der Waals surface area contributed by atoms with Gasteiger partial charge in [-0.1, -0.05) is 11.6 Å². The van der Waals surface area contributed by atoms with E-state index in [0.717, 1.165) is 5.69 Å². The van der Waals surface area contributed by atoms with Crippen molar-refractivity contribution < 1.29 is 14.6 Å². The summed E-state index contributed by atoms with van der Waals surface area (Å²) in [5.74, 6) is 1.19. The van der Waals surface area contributed by atoms with Gasteiger partial charge in [0.15, 0.2) is 16.6 Å². The summed E-state index contributed by atoms with van der Waals surface area (Å²) in [5.41, 5.74) is 2.26. The van der Waals surface area contributed by atoms with Crippen molar-refractivity contribution in [3.63, 3.8) is 0 Å². The van der Waals surface area contributed by atoms with Crippen LogP contribution in [0.2, 0.25) is 5.02 Å². The van der Waals surface area contributed by atoms with Crippen LogP contribution in [0, 0.1) is 18.3 Å². The largest absolute Gasteiger partial charge is 0.493 e. The van der Waals surface area contributed by atoms with E-state index in [1.54, 1.807) is 23.6 Å². The summed E-state index contributed by atoms with van der Waals surface area (Å²) >= 11 is 12.0. The summed E-state index contributed by atoms with van der Waals surface area (Å²) in [4.78, 5) is 15.3. The number of nitriles is 1. The Morgan fingerprint density at radius 1 is 1.29 bits per heavy atom. The van der Waals surface area contributed by atoms with E-state index >= 15 is 0 Å². The van der Waals surface area contributed by atoms with Crippen LogP contribution in [-0.4, -0.2) is 37.6 Å². The molecule has 2 atom stereocenters. The van der Waals surface area contributed by atoms with Gasteiger partial charge >= 0.3 is 5.69 Å². The average molecular weight is 496 g/mol. The Balaban J connectivity index is 1.33. The van der Waals surface area contributed by atoms with Crippen LogP contribution in [0.1, 0.15) is 35.3 Å². The number of aromatic hydroxyl groups is 1. The minimum absolute atomic E-state index is 0.120. The molecule has 1 saturated heterocycles. The van der Waals surface area contributed by atoms with Gasteiger partial charge in [-0.3, -0.25) is 4.57 Å². The summed E-state index contributed by atoms with van der Waals surface area (Å²) in [6, 6.07) is 10.3. The molecule has 0 radical (unpaired) electrons. The molecule has 3 aromatic rings. The Labute approximate surface area is 204 Å². The summed E-state index contributed by atoms with van der Waals surface area (Å²) < 4.78 is 13.7. The standard InChI is InChI=1S/C23H18ClN5O4S/c1-11-15(4-2-12(8-25)19(11)24)29-21(30)20-16-7-14(28(20)23(29)31)9-27(16)22(34)26-13-3-5-17-18(6-13)33-10-32-17/h2-6,14,16,30H,7,9-10H2,1H3,(H,26,34)/t14-,16-/m0/s1. The molecule has 2 aromatic carbocycles. The van der Waals surface area contributed by atoms with Gasteiger partial charge < -0.3 is 24.8 Å². The number of anilines is 1. The average Bonchev–Trinajstić information content (AvgIpc) is 3.59. The van der Waals surface area contributed by atoms with Crippen molar-refractivity contribution in [2.24, 2.45) is 0 Å². The third-order valence-corrected chi connectivity index (χ3v) is 7.49. The lowest BCUT2D eigenvalue weighted by Gasteiger charge is -2.30. The van der Waals surface area contributed by atoms with E-state index in [4.69, 9.17) is 33.3 Å². The van der Waals surface area contributed by atoms with E-state index in [1.807, 2.05) is 29.2 Å². The van der Waals surface area contributed by atoms with Gasteiger partial charge in [0.2, 0.25) is 12.7 Å². The molecule has 11 heteroatoms. The number of nitrogens with zero attached hydrogens (tertiary/aromatic N) is 4. The first-order valence-corrected chi connectivity index (χ1v) is 11.4. The van der Waals surface area contributed by atoms with Gasteiger partial charge in [0.05, 0.1) is 28.4 Å². The van der Waals surface area contributed by atoms with Gasteiger partial charge in [-0.25, -0.2) is 9.36 Å². The first-order chi connectivity index (χ1) is 16.4. The van der Waals surface area contributed by atoms with Gasteiger partial charge in [0.1, 0.15) is 11.8 Å². The minimum Gasteiger partial charge on any atom is -0.493 e. The third kappa shape index (κ3) is 2.84. The van der Waals surface area contributed by atoms with Gasteiger partial charge in [-0.2, -0.15) is 5.26 Å². The van der Waals surface area contributed by atoms with E-state index in [9.17, 15) is 15.2 Å². The quantitative estimate of drug-likeness (QED) is 0.520. The molecule has 4 heterocycles. The maximum absolute atomic E-state index is 13.3. The van der Waals surface area contributed by atoms with Crippen LogP contribution >= 0.6 is 23.8 Å². The fraction of sp³-hybridized carbons (Fsp3) is 0.261. The lowest BCUT2D eigenvalue weighted by atomic mass is 10.1. The fourth-order valence-corrected chi connectivity index (χ4v) is 5.58. The van der Waals surface area contributed by atoms with Crippen molar-refractivity contribution in [2.75, 3.05) is 18.7 Å². The maximum atomic E-state index is 13.3. The Morgan fingerprint density at radius 3 is 2.88 bits per heavy atom. The van der Waals surface area contributed by atoms with E-state index in [0.29, 0.717) is 52.1 Å². The van der Waals surface area contributed by atoms with Gasteiger partial charge in [0.25, 0.3) is 0 Å². The number of rotatable bonds is 2. The summed E-state index contributed by atoms with van der Waals surface area (Å²) in [7, 11) is 0. The molecule has 3 aliphatic rings. The van der Waals surface area contributed by atoms with Crippen molar-refractivity contribution >= 4 is 34.6 Å². The van der Waals surface area contributed by atoms with Crippen LogP contribution in [0.4, 0.5) is 5.69 Å². The summed E-state index contributed by atoms with van der Waals surface area (Å²) in [5, 5.41) is 24.4. The number of hydrogen-bond acceptors (Lipinski definition) is 6. The SMILES string of the molecule is Cc1c(-n2c(O)c3n(c2=O)[C@H]2C[C@@H]3N(C(=S)Nc3ccc4c(c3)OCO4)C2)ccc(C#N)c1Cl. The number of fused-ring (bicyclic) bond motifs is 6. The molecular formula is C23H18ClN5O4S. The van der Waals surface area contributed by atoms with Crippen LogP contribution in [0.3, 0.4) is 0 Å². The van der Waals surface area contributed by atoms with Gasteiger partial charge in [-0.05, 0) is 55.4 Å². The molecule has 2 bridgehead atoms. The topological polar surface area (TPSA) is 105 Å². The maximum Gasteiger partial charge on any atom is 0.336 e. The highest BCUT2D eigenvalue weighted by Crippen LogP contribution is 2.49. The molecule has 1 aromatic heterocycles. The third-order valence-electron chi connectivity index (χ3n) is 6.66. The monoisotopic (exact) mass is 495 g/mol. The zero-order valence-corrected chi connectivity index (χ0v) is 19.5. The molecule has 2 N–H and O–H groups in total. The number of aromatic nitrogens is 2. The van der Waals surface area contributed by atoms with E-state index < -0.39 is 0 Å². The smallest absolute Gasteiger partial charge is 0.336 e. The van der Waals surface area contributed by atoms with Crippen molar-refractivity contribution in [3.05, 3.63) is 62.7 Å². The lowest BCUT2D eigenvalue weighted by Crippen LogP contribution is -2.39. The van der Waals surface area contributed by atoms with E-state index in [2.05, 4.69) is 5.32 Å². The van der Waals surface area contributed by atoms with E-state index in [-0.39, 0.29) is 35.5 Å². The summed E-state index contributed by atoms with van der Waals surface area (Å²) in [6.45, 7) is 2.46. The highest BCUT2D eigenvalue weighted by Gasteiger charge is 2.48. The van der Waals surface area contributed by atoms with Crippen molar-refractivity contribution in [2.45, 2.75) is 25.4 Å². The number of imidazole rings is 1. The zero-order chi connectivity index (χ0) is 23.7. The predicted molar refractivity (Wildman–Crippen MR) is 128 cm³/mol. The molecule has 0 unspecified atom stereocenters. The van der Waals surface area contributed by atoms with Crippen LogP contribution < -0.4 is 20.5 Å². The second-order valence-electron chi connectivity index (χ2n) is 8.44. The highest BCUT2D eigenvalue weighted by atomic mass is 35.5. The first kappa shape index (κ1) is 20.9. The Hall–Kier alpha value is -3.68. The molecule has 0 amide bonds. The molecule has 3 aliphatic heterocycles. The lowest BCUT2D eigenvalue weighted by molar-refractivity contribution is 0.174. The molecule has 1 fully saturated rings. The Morgan fingerprint density at radius 2 is 2.09 bits per heavy atom. The number of halogens is 1. The Kier molecular flexibility index (Phi) is 4.56. The fourth-order valence-electron chi connectivity index (χ4n) is 5.06. The van der Waals surface area contributed by atoms with E-state index in [1.165, 1.54) is 4.57 Å². The number of nitrogens with one attached hydrogen (secondary N) is 1. The van der Waals surface area contributed by atoms with Crippen LogP contribution in [0.15, 0.2) is 35.1 Å². The molecule has 0 aliphatic carbocycles. The van der Waals surface area contributed by atoms with Crippen molar-refractivity contribution in [3.8, 4) is 29.1 Å². The van der Waals surface area contributed by atoms with Crippen molar-refractivity contribution in [1.29, 1.82) is 5.26 Å². The van der Waals surface area contributed by atoms with Gasteiger partial charge in [-0.15, -0.1) is 0 Å². The molecule has 0 saturated carbocycles. The molecule has 6 rings (SSSR count). The number of thiocarbonyl (C=S) groups is 1. The molecule has 0 spiro atoms. The second-order valence-corrected chi connectivity index (χ2v) is 9.20. The molecule has 9 nitrogen and oxygen atoms in total. The molecule has 172 valence electrons. The minimum atomic E-state index is -0.335. The number of ether oxygens (including phenoxy) is 2. The van der Waals surface area contributed by atoms with Crippen LogP contribution in [0.5, 0.6) is 17.4 Å². The number of likely N-dealkylation sites (tertiary alicyclic amines) is 1.